The second-order valence-corrected chi connectivity index (χ2v) is 6.40. The van der Waals surface area contributed by atoms with Crippen molar-refractivity contribution in [2.24, 2.45) is 5.10 Å². The lowest BCUT2D eigenvalue weighted by molar-refractivity contribution is 0.0954. The lowest BCUT2D eigenvalue weighted by atomic mass is 10.2. The zero-order chi connectivity index (χ0) is 19.9. The highest BCUT2D eigenvalue weighted by molar-refractivity contribution is 5.95. The van der Waals surface area contributed by atoms with Gasteiger partial charge in [0, 0.05) is 5.56 Å². The fourth-order valence-corrected chi connectivity index (χ4v) is 2.81. The van der Waals surface area contributed by atoms with Crippen LogP contribution < -0.4 is 19.6 Å². The molecule has 0 saturated heterocycles. The number of ether oxygens (including phenoxy) is 3. The van der Waals surface area contributed by atoms with Crippen LogP contribution in [0.2, 0.25) is 0 Å². The number of nitrogens with zero attached hydrogens (tertiary/aromatic N) is 1. The predicted molar refractivity (Wildman–Crippen MR) is 110 cm³/mol. The smallest absolute Gasteiger partial charge is 0.271 e. The fourth-order valence-electron chi connectivity index (χ4n) is 2.81. The van der Waals surface area contributed by atoms with Gasteiger partial charge in [-0.25, -0.2) is 5.43 Å². The molecule has 0 unspecified atom stereocenters. The summed E-state index contributed by atoms with van der Waals surface area (Å²) >= 11 is 0. The summed E-state index contributed by atoms with van der Waals surface area (Å²) in [5.74, 6) is 1.66. The van der Waals surface area contributed by atoms with E-state index in [-0.39, 0.29) is 5.91 Å². The van der Waals surface area contributed by atoms with Crippen LogP contribution in [0, 0.1) is 0 Å². The number of carbonyl (C=O) groups is 1. The van der Waals surface area contributed by atoms with Crippen molar-refractivity contribution in [2.75, 3.05) is 13.2 Å². The summed E-state index contributed by atoms with van der Waals surface area (Å²) in [7, 11) is 0. The van der Waals surface area contributed by atoms with Crippen LogP contribution in [0.15, 0.2) is 77.9 Å². The number of nitrogens with one attached hydrogen (secondary N) is 1. The maximum absolute atomic E-state index is 12.3. The molecule has 3 aromatic carbocycles. The van der Waals surface area contributed by atoms with Crippen LogP contribution >= 0.6 is 0 Å². The Morgan fingerprint density at radius 2 is 1.72 bits per heavy atom. The minimum absolute atomic E-state index is 0.318. The van der Waals surface area contributed by atoms with Crippen molar-refractivity contribution >= 4 is 12.1 Å². The molecule has 29 heavy (non-hydrogen) atoms. The van der Waals surface area contributed by atoms with E-state index in [9.17, 15) is 4.79 Å². The van der Waals surface area contributed by atoms with Crippen LogP contribution in [-0.2, 0) is 6.61 Å². The van der Waals surface area contributed by atoms with Gasteiger partial charge in [-0.3, -0.25) is 4.79 Å². The molecule has 1 heterocycles. The van der Waals surface area contributed by atoms with E-state index in [1.807, 2.05) is 54.6 Å². The van der Waals surface area contributed by atoms with E-state index in [1.165, 1.54) is 0 Å². The Bertz CT molecular complexity index is 1000. The van der Waals surface area contributed by atoms with Crippen LogP contribution in [0.3, 0.4) is 0 Å². The Kier molecular flexibility index (Phi) is 5.71. The van der Waals surface area contributed by atoms with Gasteiger partial charge in [-0.05, 0) is 53.6 Å². The second-order valence-electron chi connectivity index (χ2n) is 6.40. The molecule has 0 bridgehead atoms. The summed E-state index contributed by atoms with van der Waals surface area (Å²) in [6, 6.07) is 22.5. The molecule has 0 atom stereocenters. The molecule has 6 nitrogen and oxygen atoms in total. The van der Waals surface area contributed by atoms with Crippen LogP contribution in [0.5, 0.6) is 17.2 Å². The SMILES string of the molecule is O=C(N/N=C/c1ccc(OCc2ccccc2)cc1)c1ccc2c(c1)OCCO2. The molecular weight excluding hydrogens is 368 g/mol. The fraction of sp³-hybridized carbons (Fsp3) is 0.130. The van der Waals surface area contributed by atoms with Crippen molar-refractivity contribution in [2.45, 2.75) is 6.61 Å². The summed E-state index contributed by atoms with van der Waals surface area (Å²) < 4.78 is 16.7. The van der Waals surface area contributed by atoms with E-state index >= 15 is 0 Å². The zero-order valence-corrected chi connectivity index (χ0v) is 15.7. The van der Waals surface area contributed by atoms with Crippen LogP contribution in [-0.4, -0.2) is 25.3 Å². The molecule has 0 fully saturated rings. The van der Waals surface area contributed by atoms with Crippen molar-refractivity contribution in [3.8, 4) is 17.2 Å². The van der Waals surface area contributed by atoms with E-state index in [1.54, 1.807) is 24.4 Å². The molecule has 1 N–H and O–H groups in total. The Balaban J connectivity index is 1.30. The predicted octanol–water partition coefficient (Wildman–Crippen LogP) is 3.80. The topological polar surface area (TPSA) is 69.2 Å². The van der Waals surface area contributed by atoms with Gasteiger partial charge in [0.15, 0.2) is 11.5 Å². The normalized spacial score (nSPS) is 12.6. The van der Waals surface area contributed by atoms with Crippen LogP contribution in [0.4, 0.5) is 0 Å². The molecule has 4 rings (SSSR count). The van der Waals surface area contributed by atoms with Gasteiger partial charge in [0.05, 0.1) is 6.21 Å². The molecule has 3 aromatic rings. The van der Waals surface area contributed by atoms with Crippen molar-refractivity contribution in [3.63, 3.8) is 0 Å². The minimum atomic E-state index is -0.318. The van der Waals surface area contributed by atoms with Gasteiger partial charge in [-0.1, -0.05) is 30.3 Å². The molecule has 0 saturated carbocycles. The van der Waals surface area contributed by atoms with Crippen molar-refractivity contribution < 1.29 is 19.0 Å². The first-order valence-corrected chi connectivity index (χ1v) is 9.28. The third kappa shape index (κ3) is 4.93. The summed E-state index contributed by atoms with van der Waals surface area (Å²) in [6.07, 6.45) is 1.58. The van der Waals surface area contributed by atoms with E-state index in [0.717, 1.165) is 16.9 Å². The molecule has 146 valence electrons. The van der Waals surface area contributed by atoms with Gasteiger partial charge in [-0.2, -0.15) is 5.10 Å². The molecule has 6 heteroatoms. The van der Waals surface area contributed by atoms with Crippen LogP contribution in [0.25, 0.3) is 0 Å². The highest BCUT2D eigenvalue weighted by Crippen LogP contribution is 2.30. The average molecular weight is 388 g/mol. The molecular formula is C23H20N2O4. The van der Waals surface area contributed by atoms with Gasteiger partial charge in [-0.15, -0.1) is 0 Å². The quantitative estimate of drug-likeness (QED) is 0.515. The summed E-state index contributed by atoms with van der Waals surface area (Å²) in [5, 5.41) is 4.02. The number of benzene rings is 3. The van der Waals surface area contributed by atoms with Gasteiger partial charge >= 0.3 is 0 Å². The lowest BCUT2D eigenvalue weighted by Gasteiger charge is -2.18. The number of fused-ring (bicyclic) bond motifs is 1. The molecule has 1 aliphatic rings. The number of hydrogen-bond donors (Lipinski definition) is 1. The lowest BCUT2D eigenvalue weighted by Crippen LogP contribution is -2.19. The Labute approximate surface area is 168 Å². The first kappa shape index (κ1) is 18.6. The summed E-state index contributed by atoms with van der Waals surface area (Å²) in [6.45, 7) is 1.50. The van der Waals surface area contributed by atoms with Gasteiger partial charge in [0.25, 0.3) is 5.91 Å². The Hall–Kier alpha value is -3.80. The van der Waals surface area contributed by atoms with E-state index < -0.39 is 0 Å². The summed E-state index contributed by atoms with van der Waals surface area (Å²) in [4.78, 5) is 12.3. The Morgan fingerprint density at radius 3 is 2.52 bits per heavy atom. The van der Waals surface area contributed by atoms with Gasteiger partial charge in [0.1, 0.15) is 25.6 Å². The first-order chi connectivity index (χ1) is 14.3. The third-order valence-electron chi connectivity index (χ3n) is 4.31. The number of rotatable bonds is 6. The van der Waals surface area contributed by atoms with E-state index in [4.69, 9.17) is 14.2 Å². The molecule has 0 spiro atoms. The van der Waals surface area contributed by atoms with Crippen LogP contribution in [0.1, 0.15) is 21.5 Å². The van der Waals surface area contributed by atoms with Crippen molar-refractivity contribution in [1.29, 1.82) is 0 Å². The summed E-state index contributed by atoms with van der Waals surface area (Å²) in [5.41, 5.74) is 4.93. The monoisotopic (exact) mass is 388 g/mol. The first-order valence-electron chi connectivity index (χ1n) is 9.28. The average Bonchev–Trinajstić information content (AvgIpc) is 2.79. The molecule has 0 aromatic heterocycles. The largest absolute Gasteiger partial charge is 0.489 e. The second kappa shape index (κ2) is 8.93. The van der Waals surface area contributed by atoms with E-state index in [2.05, 4.69) is 10.5 Å². The number of amides is 1. The number of hydrogen-bond acceptors (Lipinski definition) is 5. The van der Waals surface area contributed by atoms with E-state index in [0.29, 0.717) is 36.9 Å². The standard InChI is InChI=1S/C23H20N2O4/c26-23(19-8-11-21-22(14-19)28-13-12-27-21)25-24-15-17-6-9-20(10-7-17)29-16-18-4-2-1-3-5-18/h1-11,14-15H,12-13,16H2,(H,25,26)/b24-15+. The minimum Gasteiger partial charge on any atom is -0.489 e. The van der Waals surface area contributed by atoms with Crippen molar-refractivity contribution in [1.82, 2.24) is 5.43 Å². The molecule has 0 aliphatic carbocycles. The molecule has 1 amide bonds. The number of hydrazone groups is 1. The zero-order valence-electron chi connectivity index (χ0n) is 15.7. The van der Waals surface area contributed by atoms with Gasteiger partial charge in [0.2, 0.25) is 0 Å². The molecule has 1 aliphatic heterocycles. The maximum Gasteiger partial charge on any atom is 0.271 e. The highest BCUT2D eigenvalue weighted by atomic mass is 16.6. The maximum atomic E-state index is 12.3. The third-order valence-corrected chi connectivity index (χ3v) is 4.31. The van der Waals surface area contributed by atoms with Gasteiger partial charge < -0.3 is 14.2 Å². The Morgan fingerprint density at radius 1 is 0.966 bits per heavy atom. The van der Waals surface area contributed by atoms with Crippen molar-refractivity contribution in [3.05, 3.63) is 89.5 Å². The number of carbonyl (C=O) groups excluding carboxylic acids is 1. The highest BCUT2D eigenvalue weighted by Gasteiger charge is 2.14. The molecule has 0 radical (unpaired) electrons.